The number of unbranched alkanes of at least 4 members (excludes halogenated alkanes) is 4. The molecule has 0 unspecified atom stereocenters. The van der Waals surface area contributed by atoms with Crippen LogP contribution < -0.4 is 11.5 Å². The maximum absolute atomic E-state index is 10.1. The second-order valence-corrected chi connectivity index (χ2v) is 8.76. The van der Waals surface area contributed by atoms with Gasteiger partial charge in [0.2, 0.25) is 0 Å². The molecule has 212 valence electrons. The molecule has 0 aliphatic carbocycles. The van der Waals surface area contributed by atoms with Crippen molar-refractivity contribution in [3.63, 3.8) is 0 Å². The van der Waals surface area contributed by atoms with Crippen molar-refractivity contribution >= 4 is 11.9 Å². The van der Waals surface area contributed by atoms with E-state index in [0.717, 1.165) is 19.3 Å². The van der Waals surface area contributed by atoms with E-state index in [1.807, 2.05) is 0 Å². The van der Waals surface area contributed by atoms with Crippen molar-refractivity contribution < 1.29 is 64.7 Å². The Morgan fingerprint density at radius 1 is 0.694 bits per heavy atom. The van der Waals surface area contributed by atoms with Crippen LogP contribution in [0.2, 0.25) is 0 Å². The summed E-state index contributed by atoms with van der Waals surface area (Å²) in [7, 11) is 0. The van der Waals surface area contributed by atoms with Gasteiger partial charge in [0.15, 0.2) is 12.6 Å². The van der Waals surface area contributed by atoms with Crippen molar-refractivity contribution in [3.05, 3.63) is 0 Å². The van der Waals surface area contributed by atoms with E-state index in [1.165, 1.54) is 0 Å². The first-order valence-electron chi connectivity index (χ1n) is 11.8. The summed E-state index contributed by atoms with van der Waals surface area (Å²) in [4.78, 5) is 20.2. The van der Waals surface area contributed by atoms with Gasteiger partial charge in [-0.05, 0) is 12.8 Å². The average molecular weight is 529 g/mol. The maximum atomic E-state index is 10.1. The quantitative estimate of drug-likeness (QED) is 0.110. The van der Waals surface area contributed by atoms with E-state index in [9.17, 15) is 35.1 Å². The maximum Gasteiger partial charge on any atom is 0.303 e. The molecule has 15 nitrogen and oxygen atoms in total. The summed E-state index contributed by atoms with van der Waals surface area (Å²) in [6, 6.07) is -2.37. The summed E-state index contributed by atoms with van der Waals surface area (Å²) in [6.07, 6.45) is -5.93. The summed E-state index contributed by atoms with van der Waals surface area (Å²) >= 11 is 0. The SMILES string of the molecule is N[C@@H]1[C@@H](O)[C@H](O[C@@H]2O[C@H](CO)[C@@H](O)[C@H](O)[C@H]2N)[C@@H](CO)O[C@H]1O.O=C(O)CCCCCCCC(=O)O. The zero-order valence-corrected chi connectivity index (χ0v) is 19.9. The molecule has 0 bridgehead atoms. The first-order valence-corrected chi connectivity index (χ1v) is 11.8. The zero-order valence-electron chi connectivity index (χ0n) is 19.9. The van der Waals surface area contributed by atoms with Crippen molar-refractivity contribution in [2.24, 2.45) is 11.5 Å². The Morgan fingerprint density at radius 2 is 1.19 bits per heavy atom. The lowest BCUT2D eigenvalue weighted by atomic mass is 9.95. The van der Waals surface area contributed by atoms with Gasteiger partial charge in [0.25, 0.3) is 0 Å². The topological polar surface area (TPSA) is 276 Å². The van der Waals surface area contributed by atoms with Crippen LogP contribution in [0.5, 0.6) is 0 Å². The fourth-order valence-electron chi connectivity index (χ4n) is 3.73. The number of ether oxygens (including phenoxy) is 3. The van der Waals surface area contributed by atoms with Crippen LogP contribution >= 0.6 is 0 Å². The first-order chi connectivity index (χ1) is 16.9. The van der Waals surface area contributed by atoms with Gasteiger partial charge in [-0.2, -0.15) is 0 Å². The number of aliphatic hydroxyl groups is 6. The van der Waals surface area contributed by atoms with Crippen LogP contribution in [0.25, 0.3) is 0 Å². The molecule has 12 N–H and O–H groups in total. The van der Waals surface area contributed by atoms with Crippen LogP contribution in [-0.4, -0.2) is 127 Å². The van der Waals surface area contributed by atoms with Crippen molar-refractivity contribution in [1.29, 1.82) is 0 Å². The Kier molecular flexibility index (Phi) is 14.8. The van der Waals surface area contributed by atoms with Crippen molar-refractivity contribution in [3.8, 4) is 0 Å². The second kappa shape index (κ2) is 16.4. The summed E-state index contributed by atoms with van der Waals surface area (Å²) in [5.41, 5.74) is 11.3. The monoisotopic (exact) mass is 528 g/mol. The smallest absolute Gasteiger partial charge is 0.303 e. The zero-order chi connectivity index (χ0) is 27.4. The molecule has 10 atom stereocenters. The molecule has 0 amide bonds. The van der Waals surface area contributed by atoms with Crippen LogP contribution in [-0.2, 0) is 23.8 Å². The molecule has 2 saturated heterocycles. The molecule has 0 saturated carbocycles. The number of carbonyl (C=O) groups is 2. The van der Waals surface area contributed by atoms with Crippen molar-refractivity contribution in [2.45, 2.75) is 106 Å². The highest BCUT2D eigenvalue weighted by Gasteiger charge is 2.49. The summed E-state index contributed by atoms with van der Waals surface area (Å²) in [6.45, 7) is -1.17. The number of rotatable bonds is 12. The Labute approximate surface area is 208 Å². The van der Waals surface area contributed by atoms with Crippen LogP contribution in [0.15, 0.2) is 0 Å². The lowest BCUT2D eigenvalue weighted by Crippen LogP contribution is -2.67. The fraction of sp³-hybridized carbons (Fsp3) is 0.905. The Morgan fingerprint density at radius 3 is 1.67 bits per heavy atom. The van der Waals surface area contributed by atoms with Gasteiger partial charge in [-0.25, -0.2) is 0 Å². The predicted octanol–water partition coefficient (Wildman–Crippen LogP) is -3.58. The van der Waals surface area contributed by atoms with Gasteiger partial charge in [-0.1, -0.05) is 19.3 Å². The molecule has 15 heteroatoms. The third-order valence-electron chi connectivity index (χ3n) is 5.92. The molecule has 0 spiro atoms. The van der Waals surface area contributed by atoms with Crippen molar-refractivity contribution in [1.82, 2.24) is 0 Å². The third-order valence-corrected chi connectivity index (χ3v) is 5.92. The molecule has 2 rings (SSSR count). The number of nitrogens with two attached hydrogens (primary N) is 2. The number of hydrogen-bond acceptors (Lipinski definition) is 13. The molecule has 0 aromatic carbocycles. The third kappa shape index (κ3) is 10.1. The van der Waals surface area contributed by atoms with Crippen LogP contribution in [0.3, 0.4) is 0 Å². The van der Waals surface area contributed by atoms with Gasteiger partial charge in [-0.15, -0.1) is 0 Å². The minimum atomic E-state index is -1.49. The lowest BCUT2D eigenvalue weighted by Gasteiger charge is -2.45. The molecular weight excluding hydrogens is 488 g/mol. The molecule has 0 radical (unpaired) electrons. The van der Waals surface area contributed by atoms with Gasteiger partial charge in [0.05, 0.1) is 25.3 Å². The average Bonchev–Trinajstić information content (AvgIpc) is 2.83. The van der Waals surface area contributed by atoms with E-state index >= 15 is 0 Å². The Balaban J connectivity index is 0.000000426. The van der Waals surface area contributed by atoms with E-state index in [-0.39, 0.29) is 12.8 Å². The molecule has 36 heavy (non-hydrogen) atoms. The molecule has 2 fully saturated rings. The standard InChI is InChI=1S/C12H24N2O9.C9H16O4/c13-5-9(19)10(4(2-16)21-11(5)20)23-12-6(14)8(18)7(17)3(1-15)22-12;10-8(11)6-4-2-1-3-5-7-9(12)13/h3-12,15-20H,1-2,13-14H2;1-7H2,(H,10,11)(H,12,13)/t3-,4-,5-,6-,7-,8-,9-,10-,11-,12+;/m1./s1. The first kappa shape index (κ1) is 32.5. The lowest BCUT2D eigenvalue weighted by molar-refractivity contribution is -0.324. The molecule has 2 heterocycles. The van der Waals surface area contributed by atoms with Crippen LogP contribution in [0, 0.1) is 0 Å². The van der Waals surface area contributed by atoms with Crippen LogP contribution in [0.4, 0.5) is 0 Å². The van der Waals surface area contributed by atoms with Crippen molar-refractivity contribution in [2.75, 3.05) is 13.2 Å². The molecule has 2 aliphatic rings. The van der Waals surface area contributed by atoms with E-state index in [0.29, 0.717) is 12.8 Å². The van der Waals surface area contributed by atoms with Gasteiger partial charge in [0.1, 0.15) is 36.6 Å². The minimum Gasteiger partial charge on any atom is -0.481 e. The number of carboxylic acids is 2. The summed E-state index contributed by atoms with van der Waals surface area (Å²) in [5, 5.41) is 74.3. The number of aliphatic hydroxyl groups excluding tert-OH is 6. The summed E-state index contributed by atoms with van der Waals surface area (Å²) in [5.74, 6) is -1.52. The molecule has 0 aromatic rings. The highest BCUT2D eigenvalue weighted by atomic mass is 16.7. The second-order valence-electron chi connectivity index (χ2n) is 8.76. The fourth-order valence-corrected chi connectivity index (χ4v) is 3.73. The molecule has 0 aromatic heterocycles. The van der Waals surface area contributed by atoms with E-state index in [2.05, 4.69) is 0 Å². The normalized spacial score (nSPS) is 36.6. The highest BCUT2D eigenvalue weighted by molar-refractivity contribution is 5.66. The largest absolute Gasteiger partial charge is 0.481 e. The Hall–Kier alpha value is -1.50. The van der Waals surface area contributed by atoms with E-state index < -0.39 is 86.4 Å². The van der Waals surface area contributed by atoms with Gasteiger partial charge in [-0.3, -0.25) is 9.59 Å². The predicted molar refractivity (Wildman–Crippen MR) is 120 cm³/mol. The highest BCUT2D eigenvalue weighted by Crippen LogP contribution is 2.27. The Bertz CT molecular complexity index is 635. The van der Waals surface area contributed by atoms with Gasteiger partial charge in [0, 0.05) is 12.8 Å². The number of hydrogen-bond donors (Lipinski definition) is 10. The molecule has 2 aliphatic heterocycles. The van der Waals surface area contributed by atoms with E-state index in [1.54, 1.807) is 0 Å². The molecular formula is C21H40N2O13. The minimum absolute atomic E-state index is 0.221. The number of aliphatic carboxylic acids is 2. The van der Waals surface area contributed by atoms with E-state index in [4.69, 9.17) is 41.0 Å². The van der Waals surface area contributed by atoms with Gasteiger partial charge >= 0.3 is 11.9 Å². The summed E-state index contributed by atoms with van der Waals surface area (Å²) < 4.78 is 15.8. The van der Waals surface area contributed by atoms with Crippen LogP contribution in [0.1, 0.15) is 44.9 Å². The van der Waals surface area contributed by atoms with Gasteiger partial charge < -0.3 is 66.5 Å². The number of carboxylic acid groups (broad SMARTS) is 2.